The first-order valence-corrected chi connectivity index (χ1v) is 7.51. The van der Waals surface area contributed by atoms with E-state index in [4.69, 9.17) is 23.2 Å². The topological polar surface area (TPSA) is 17.8 Å². The molecule has 2 nitrogen and oxygen atoms in total. The van der Waals surface area contributed by atoms with Gasteiger partial charge in [0.1, 0.15) is 0 Å². The number of aryl methyl sites for hydroxylation is 2. The maximum atomic E-state index is 6.31. The molecule has 0 spiro atoms. The van der Waals surface area contributed by atoms with E-state index in [0.29, 0.717) is 11.1 Å². The van der Waals surface area contributed by atoms with E-state index in [1.807, 2.05) is 16.4 Å². The normalized spacial score (nSPS) is 13.1. The van der Waals surface area contributed by atoms with Crippen LogP contribution in [0.4, 0.5) is 0 Å². The molecule has 0 aliphatic carbocycles. The largest absolute Gasteiger partial charge is 0.267 e. The van der Waals surface area contributed by atoms with Crippen molar-refractivity contribution in [3.63, 3.8) is 0 Å². The van der Waals surface area contributed by atoms with E-state index >= 15 is 0 Å². The second-order valence-corrected chi connectivity index (χ2v) is 5.77. The quantitative estimate of drug-likeness (QED) is 0.734. The second-order valence-electron chi connectivity index (χ2n) is 3.65. The van der Waals surface area contributed by atoms with Gasteiger partial charge in [0.05, 0.1) is 16.4 Å². The Morgan fingerprint density at radius 2 is 2.12 bits per heavy atom. The van der Waals surface area contributed by atoms with E-state index in [1.54, 1.807) is 0 Å². The van der Waals surface area contributed by atoms with Crippen LogP contribution in [0.3, 0.4) is 0 Å². The lowest BCUT2D eigenvalue weighted by molar-refractivity contribution is 0.628. The molecule has 1 rings (SSSR count). The Bertz CT molecular complexity index is 339. The molecule has 0 bridgehead atoms. The lowest BCUT2D eigenvalue weighted by atomic mass is 10.3. The van der Waals surface area contributed by atoms with Gasteiger partial charge in [0.2, 0.25) is 0 Å². The zero-order valence-electron chi connectivity index (χ0n) is 9.96. The van der Waals surface area contributed by atoms with Crippen molar-refractivity contribution in [3.8, 4) is 0 Å². The summed E-state index contributed by atoms with van der Waals surface area (Å²) < 4.78 is 2.00. The monoisotopic (exact) mass is 280 g/mol. The molecule has 1 atom stereocenters. The van der Waals surface area contributed by atoms with Gasteiger partial charge in [-0.05, 0) is 13.3 Å². The molecule has 0 aromatic carbocycles. The van der Waals surface area contributed by atoms with Crippen molar-refractivity contribution in [2.75, 3.05) is 5.88 Å². The third-order valence-corrected chi connectivity index (χ3v) is 4.67. The third kappa shape index (κ3) is 3.31. The van der Waals surface area contributed by atoms with Crippen molar-refractivity contribution < 1.29 is 0 Å². The number of halogens is 2. The molecule has 0 saturated heterocycles. The Labute approximate surface area is 112 Å². The van der Waals surface area contributed by atoms with Gasteiger partial charge in [-0.15, -0.1) is 11.6 Å². The molecule has 16 heavy (non-hydrogen) atoms. The van der Waals surface area contributed by atoms with Crippen LogP contribution in [-0.2, 0) is 18.7 Å². The summed E-state index contributed by atoms with van der Waals surface area (Å²) in [5.74, 6) is 1.55. The van der Waals surface area contributed by atoms with E-state index in [9.17, 15) is 0 Å². The van der Waals surface area contributed by atoms with Gasteiger partial charge in [0.25, 0.3) is 0 Å². The number of hydrogen-bond acceptors (Lipinski definition) is 2. The van der Waals surface area contributed by atoms with Crippen molar-refractivity contribution in [3.05, 3.63) is 16.4 Å². The molecular formula is C11H18Cl2N2S. The standard InChI is InChI=1S/C11H18Cl2N2S/c1-4-9-11(13)10(15(5-2)14-9)7-16-8(3)6-12/h8H,4-7H2,1-3H3. The molecule has 1 unspecified atom stereocenters. The van der Waals surface area contributed by atoms with Gasteiger partial charge in [-0.2, -0.15) is 16.9 Å². The SMILES string of the molecule is CCc1nn(CC)c(CSC(C)CCl)c1Cl. The Kier molecular flexibility index (Phi) is 6.01. The van der Waals surface area contributed by atoms with Crippen LogP contribution in [-0.4, -0.2) is 20.9 Å². The molecule has 1 heterocycles. The van der Waals surface area contributed by atoms with Crippen LogP contribution in [0.1, 0.15) is 32.2 Å². The zero-order valence-corrected chi connectivity index (χ0v) is 12.3. The molecule has 1 aromatic heterocycles. The molecule has 92 valence electrons. The molecule has 0 fully saturated rings. The van der Waals surface area contributed by atoms with Crippen LogP contribution >= 0.6 is 35.0 Å². The number of thioether (sulfide) groups is 1. The van der Waals surface area contributed by atoms with E-state index in [0.717, 1.165) is 35.1 Å². The first-order valence-electron chi connectivity index (χ1n) is 5.55. The van der Waals surface area contributed by atoms with Crippen LogP contribution < -0.4 is 0 Å². The van der Waals surface area contributed by atoms with Crippen LogP contribution in [0.5, 0.6) is 0 Å². The van der Waals surface area contributed by atoms with Crippen LogP contribution in [0.25, 0.3) is 0 Å². The molecule has 0 aliphatic heterocycles. The van der Waals surface area contributed by atoms with E-state index in [1.165, 1.54) is 0 Å². The Morgan fingerprint density at radius 3 is 2.62 bits per heavy atom. The van der Waals surface area contributed by atoms with Gasteiger partial charge in [-0.3, -0.25) is 4.68 Å². The third-order valence-electron chi connectivity index (χ3n) is 2.42. The lowest BCUT2D eigenvalue weighted by Crippen LogP contribution is -2.04. The molecule has 0 N–H and O–H groups in total. The predicted octanol–water partition coefficient (Wildman–Crippen LogP) is 3.98. The highest BCUT2D eigenvalue weighted by Crippen LogP contribution is 2.27. The van der Waals surface area contributed by atoms with Crippen molar-refractivity contribution >= 4 is 35.0 Å². The molecule has 0 aliphatic rings. The second kappa shape index (κ2) is 6.77. The number of hydrogen-bond donors (Lipinski definition) is 0. The first-order chi connectivity index (χ1) is 7.63. The van der Waals surface area contributed by atoms with Crippen molar-refractivity contribution in [2.45, 2.75) is 44.7 Å². The minimum atomic E-state index is 0.447. The molecule has 1 aromatic rings. The van der Waals surface area contributed by atoms with Crippen molar-refractivity contribution in [1.82, 2.24) is 9.78 Å². The van der Waals surface area contributed by atoms with Gasteiger partial charge in [-0.1, -0.05) is 25.4 Å². The number of nitrogens with zero attached hydrogens (tertiary/aromatic N) is 2. The summed E-state index contributed by atoms with van der Waals surface area (Å²) in [5, 5.41) is 5.77. The highest BCUT2D eigenvalue weighted by atomic mass is 35.5. The Morgan fingerprint density at radius 1 is 1.44 bits per heavy atom. The minimum absolute atomic E-state index is 0.447. The summed E-state index contributed by atoms with van der Waals surface area (Å²) in [7, 11) is 0. The van der Waals surface area contributed by atoms with Gasteiger partial charge in [0, 0.05) is 23.4 Å². The van der Waals surface area contributed by atoms with E-state index in [-0.39, 0.29) is 0 Å². The average Bonchev–Trinajstić information content (AvgIpc) is 2.62. The van der Waals surface area contributed by atoms with Crippen molar-refractivity contribution in [1.29, 1.82) is 0 Å². The van der Waals surface area contributed by atoms with Gasteiger partial charge >= 0.3 is 0 Å². The maximum absolute atomic E-state index is 6.31. The van der Waals surface area contributed by atoms with Gasteiger partial charge in [-0.25, -0.2) is 0 Å². The number of alkyl halides is 1. The van der Waals surface area contributed by atoms with Gasteiger partial charge < -0.3 is 0 Å². The molecule has 0 amide bonds. The first kappa shape index (κ1) is 14.2. The Balaban J connectivity index is 2.80. The fraction of sp³-hybridized carbons (Fsp3) is 0.727. The summed E-state index contributed by atoms with van der Waals surface area (Å²) >= 11 is 13.9. The number of aromatic nitrogens is 2. The van der Waals surface area contributed by atoms with Crippen LogP contribution in [0.15, 0.2) is 0 Å². The highest BCUT2D eigenvalue weighted by Gasteiger charge is 2.14. The molecule has 5 heteroatoms. The summed E-state index contributed by atoms with van der Waals surface area (Å²) in [6.45, 7) is 7.15. The van der Waals surface area contributed by atoms with Crippen molar-refractivity contribution in [2.24, 2.45) is 0 Å². The van der Waals surface area contributed by atoms with E-state index < -0.39 is 0 Å². The highest BCUT2D eigenvalue weighted by molar-refractivity contribution is 7.99. The molecule has 0 radical (unpaired) electrons. The maximum Gasteiger partial charge on any atom is 0.0858 e. The molecule has 0 saturated carbocycles. The summed E-state index contributed by atoms with van der Waals surface area (Å²) in [6, 6.07) is 0. The van der Waals surface area contributed by atoms with E-state index in [2.05, 4.69) is 25.9 Å². The smallest absolute Gasteiger partial charge is 0.0858 e. The summed E-state index contributed by atoms with van der Waals surface area (Å²) in [6.07, 6.45) is 0.883. The number of rotatable bonds is 6. The molecular weight excluding hydrogens is 263 g/mol. The van der Waals surface area contributed by atoms with Gasteiger partial charge in [0.15, 0.2) is 0 Å². The fourth-order valence-corrected chi connectivity index (χ4v) is 2.93. The summed E-state index contributed by atoms with van der Waals surface area (Å²) in [5.41, 5.74) is 2.13. The minimum Gasteiger partial charge on any atom is -0.267 e. The zero-order chi connectivity index (χ0) is 12.1. The lowest BCUT2D eigenvalue weighted by Gasteiger charge is -2.08. The van der Waals surface area contributed by atoms with Crippen LogP contribution in [0.2, 0.25) is 5.02 Å². The predicted molar refractivity (Wildman–Crippen MR) is 73.8 cm³/mol. The fourth-order valence-electron chi connectivity index (χ4n) is 1.42. The van der Waals surface area contributed by atoms with Crippen LogP contribution in [0, 0.1) is 0 Å². The Hall–Kier alpha value is 0.140. The average molecular weight is 281 g/mol. The summed E-state index contributed by atoms with van der Waals surface area (Å²) in [4.78, 5) is 0.